The van der Waals surface area contributed by atoms with E-state index in [1.165, 1.54) is 11.0 Å². The largest absolute Gasteiger partial charge is 0.416 e. The van der Waals surface area contributed by atoms with E-state index in [0.29, 0.717) is 24.8 Å². The van der Waals surface area contributed by atoms with Gasteiger partial charge < -0.3 is 19.1 Å². The molecule has 0 aromatic heterocycles. The SMILES string of the molecule is CC(C)NC(=O)N(Cc1ccccc1OS(=O)(=O)c1cccc(C(F)(F)F)c1)CC1CCCO1. The van der Waals surface area contributed by atoms with Gasteiger partial charge in [-0.3, -0.25) is 0 Å². The number of nitrogens with one attached hydrogen (secondary N) is 1. The van der Waals surface area contributed by atoms with E-state index in [0.717, 1.165) is 31.0 Å². The summed E-state index contributed by atoms with van der Waals surface area (Å²) in [7, 11) is -4.56. The summed E-state index contributed by atoms with van der Waals surface area (Å²) in [4.78, 5) is 13.7. The van der Waals surface area contributed by atoms with Crippen molar-refractivity contribution in [3.63, 3.8) is 0 Å². The van der Waals surface area contributed by atoms with Crippen molar-refractivity contribution in [2.45, 2.75) is 56.5 Å². The Morgan fingerprint density at radius 2 is 1.94 bits per heavy atom. The van der Waals surface area contributed by atoms with Crippen molar-refractivity contribution in [1.29, 1.82) is 0 Å². The lowest BCUT2D eigenvalue weighted by Crippen LogP contribution is -2.45. The molecule has 0 radical (unpaired) electrons. The van der Waals surface area contributed by atoms with E-state index in [9.17, 15) is 26.4 Å². The number of hydrogen-bond donors (Lipinski definition) is 1. The van der Waals surface area contributed by atoms with E-state index >= 15 is 0 Å². The molecule has 1 aliphatic rings. The van der Waals surface area contributed by atoms with E-state index in [2.05, 4.69) is 5.32 Å². The number of carbonyl (C=O) groups excluding carboxylic acids is 1. The fraction of sp³-hybridized carbons (Fsp3) is 0.435. The maximum Gasteiger partial charge on any atom is 0.416 e. The molecular formula is C23H27F3N2O5S. The second kappa shape index (κ2) is 10.6. The molecule has 2 aromatic carbocycles. The van der Waals surface area contributed by atoms with Gasteiger partial charge in [0.1, 0.15) is 10.6 Å². The van der Waals surface area contributed by atoms with Crippen molar-refractivity contribution < 1.29 is 35.3 Å². The molecule has 1 heterocycles. The number of amides is 2. The van der Waals surface area contributed by atoms with Gasteiger partial charge in [0.2, 0.25) is 0 Å². The lowest BCUT2D eigenvalue weighted by Gasteiger charge is -2.27. The summed E-state index contributed by atoms with van der Waals surface area (Å²) < 4.78 is 75.5. The number of alkyl halides is 3. The highest BCUT2D eigenvalue weighted by Gasteiger charge is 2.32. The van der Waals surface area contributed by atoms with Crippen LogP contribution in [0.2, 0.25) is 0 Å². The summed E-state index contributed by atoms with van der Waals surface area (Å²) in [5.74, 6) is -0.0744. The molecule has 1 atom stereocenters. The van der Waals surface area contributed by atoms with Gasteiger partial charge in [-0.05, 0) is 51.0 Å². The summed E-state index contributed by atoms with van der Waals surface area (Å²) in [5, 5.41) is 2.82. The van der Waals surface area contributed by atoms with Crippen LogP contribution in [0.5, 0.6) is 5.75 Å². The first kappa shape index (κ1) is 25.8. The van der Waals surface area contributed by atoms with Crippen molar-refractivity contribution in [3.8, 4) is 5.75 Å². The molecule has 3 rings (SSSR count). The zero-order valence-corrected chi connectivity index (χ0v) is 19.7. The topological polar surface area (TPSA) is 84.9 Å². The minimum Gasteiger partial charge on any atom is -0.379 e. The van der Waals surface area contributed by atoms with Crippen LogP contribution in [0.25, 0.3) is 0 Å². The standard InChI is InChI=1S/C23H27F3N2O5S/c1-16(2)27-22(29)28(15-19-9-6-12-32-19)14-17-7-3-4-11-21(17)33-34(30,31)20-10-5-8-18(13-20)23(24,25)26/h3-5,7-8,10-11,13,16,19H,6,9,12,14-15H2,1-2H3,(H,27,29). The third-order valence-electron chi connectivity index (χ3n) is 5.13. The van der Waals surface area contributed by atoms with Crippen LogP contribution in [0.1, 0.15) is 37.8 Å². The quantitative estimate of drug-likeness (QED) is 0.537. The number of carbonyl (C=O) groups is 1. The van der Waals surface area contributed by atoms with Gasteiger partial charge in [-0.1, -0.05) is 24.3 Å². The van der Waals surface area contributed by atoms with E-state index in [4.69, 9.17) is 8.92 Å². The summed E-state index contributed by atoms with van der Waals surface area (Å²) in [6.07, 6.45) is -3.15. The minimum absolute atomic E-state index is 0.0205. The molecule has 2 amide bonds. The van der Waals surface area contributed by atoms with Gasteiger partial charge in [0.15, 0.2) is 0 Å². The zero-order valence-electron chi connectivity index (χ0n) is 18.8. The highest BCUT2D eigenvalue weighted by molar-refractivity contribution is 7.87. The predicted molar refractivity (Wildman–Crippen MR) is 119 cm³/mol. The first-order chi connectivity index (χ1) is 16.0. The number of nitrogens with zero attached hydrogens (tertiary/aromatic N) is 1. The molecule has 11 heteroatoms. The fourth-order valence-corrected chi connectivity index (χ4v) is 4.52. The Bertz CT molecular complexity index is 1100. The van der Waals surface area contributed by atoms with Gasteiger partial charge in [0.25, 0.3) is 0 Å². The Morgan fingerprint density at radius 3 is 2.59 bits per heavy atom. The third-order valence-corrected chi connectivity index (χ3v) is 6.36. The summed E-state index contributed by atoms with van der Waals surface area (Å²) in [6.45, 7) is 4.57. The molecule has 1 unspecified atom stereocenters. The molecule has 2 aromatic rings. The number of halogens is 3. The smallest absolute Gasteiger partial charge is 0.379 e. The van der Waals surface area contributed by atoms with Crippen molar-refractivity contribution in [3.05, 3.63) is 59.7 Å². The fourth-order valence-electron chi connectivity index (χ4n) is 3.51. The number of hydrogen-bond acceptors (Lipinski definition) is 5. The molecule has 0 aliphatic carbocycles. The summed E-state index contributed by atoms with van der Waals surface area (Å²) >= 11 is 0. The lowest BCUT2D eigenvalue weighted by atomic mass is 10.1. The van der Waals surface area contributed by atoms with Crippen molar-refractivity contribution in [2.24, 2.45) is 0 Å². The first-order valence-corrected chi connectivity index (χ1v) is 12.2. The Kier molecular flexibility index (Phi) is 8.09. The maximum absolute atomic E-state index is 13.0. The number of benzene rings is 2. The summed E-state index contributed by atoms with van der Waals surface area (Å²) in [5.41, 5.74) is -0.714. The molecule has 0 bridgehead atoms. The van der Waals surface area contributed by atoms with Crippen LogP contribution in [-0.4, -0.2) is 44.6 Å². The van der Waals surface area contributed by atoms with Gasteiger partial charge in [0, 0.05) is 24.8 Å². The molecular weight excluding hydrogens is 473 g/mol. The highest BCUT2D eigenvalue weighted by Crippen LogP contribution is 2.32. The van der Waals surface area contributed by atoms with Gasteiger partial charge in [-0.2, -0.15) is 21.6 Å². The van der Waals surface area contributed by atoms with Crippen LogP contribution in [-0.2, 0) is 27.6 Å². The van der Waals surface area contributed by atoms with Crippen LogP contribution in [0.4, 0.5) is 18.0 Å². The average Bonchev–Trinajstić information content (AvgIpc) is 3.26. The number of para-hydroxylation sites is 1. The van der Waals surface area contributed by atoms with Crippen LogP contribution in [0.3, 0.4) is 0 Å². The molecule has 7 nitrogen and oxygen atoms in total. The van der Waals surface area contributed by atoms with E-state index < -0.39 is 26.8 Å². The van der Waals surface area contributed by atoms with Crippen LogP contribution in [0.15, 0.2) is 53.4 Å². The Hall–Kier alpha value is -2.79. The molecule has 186 valence electrons. The molecule has 0 spiro atoms. The summed E-state index contributed by atoms with van der Waals surface area (Å²) in [6, 6.07) is 9.07. The minimum atomic E-state index is -4.70. The van der Waals surface area contributed by atoms with Gasteiger partial charge in [-0.25, -0.2) is 4.79 Å². The Labute approximate surface area is 197 Å². The maximum atomic E-state index is 13.0. The van der Waals surface area contributed by atoms with E-state index in [-0.39, 0.29) is 30.5 Å². The highest BCUT2D eigenvalue weighted by atomic mass is 32.2. The van der Waals surface area contributed by atoms with Gasteiger partial charge >= 0.3 is 22.3 Å². The van der Waals surface area contributed by atoms with Crippen molar-refractivity contribution in [2.75, 3.05) is 13.2 Å². The molecule has 1 saturated heterocycles. The second-order valence-corrected chi connectivity index (χ2v) is 9.84. The molecule has 1 N–H and O–H groups in total. The molecule has 1 fully saturated rings. The van der Waals surface area contributed by atoms with E-state index in [1.807, 2.05) is 13.8 Å². The lowest BCUT2D eigenvalue weighted by molar-refractivity contribution is -0.137. The monoisotopic (exact) mass is 500 g/mol. The zero-order chi connectivity index (χ0) is 24.9. The van der Waals surface area contributed by atoms with Crippen LogP contribution in [0, 0.1) is 0 Å². The van der Waals surface area contributed by atoms with E-state index in [1.54, 1.807) is 18.2 Å². The number of rotatable bonds is 8. The molecule has 0 saturated carbocycles. The number of ether oxygens (including phenoxy) is 1. The number of urea groups is 1. The molecule has 1 aliphatic heterocycles. The Morgan fingerprint density at radius 1 is 1.21 bits per heavy atom. The predicted octanol–water partition coefficient (Wildman–Crippen LogP) is 4.57. The van der Waals surface area contributed by atoms with Crippen LogP contribution < -0.4 is 9.50 Å². The van der Waals surface area contributed by atoms with Gasteiger partial charge in [-0.15, -0.1) is 0 Å². The average molecular weight is 501 g/mol. The third kappa shape index (κ3) is 6.86. The second-order valence-electron chi connectivity index (χ2n) is 8.29. The van der Waals surface area contributed by atoms with Crippen molar-refractivity contribution >= 4 is 16.1 Å². The normalized spacial score (nSPS) is 16.5. The Balaban J connectivity index is 1.85. The van der Waals surface area contributed by atoms with Gasteiger partial charge in [0.05, 0.1) is 18.2 Å². The molecule has 34 heavy (non-hydrogen) atoms. The van der Waals surface area contributed by atoms with Crippen molar-refractivity contribution in [1.82, 2.24) is 10.2 Å². The van der Waals surface area contributed by atoms with Crippen LogP contribution >= 0.6 is 0 Å². The first-order valence-electron chi connectivity index (χ1n) is 10.8.